The number of carbonyl (C=O) groups excluding carboxylic acids is 3. The van der Waals surface area contributed by atoms with Gasteiger partial charge in [0.2, 0.25) is 0 Å². The van der Waals surface area contributed by atoms with Gasteiger partial charge in [0.15, 0.2) is 0 Å². The van der Waals surface area contributed by atoms with Crippen LogP contribution in [0.1, 0.15) is 48.5 Å². The van der Waals surface area contributed by atoms with Crippen molar-refractivity contribution < 1.29 is 33.5 Å². The van der Waals surface area contributed by atoms with Crippen molar-refractivity contribution in [3.63, 3.8) is 0 Å². The monoisotopic (exact) mass is 276 g/mol. The molecule has 98 valence electrons. The zero-order valence-corrected chi connectivity index (χ0v) is 13.5. The average Bonchev–Trinajstić information content (AvgIpc) is 1.97. The van der Waals surface area contributed by atoms with Gasteiger partial charge in [0, 0.05) is 0 Å². The fraction of sp³-hybridized carbons (Fsp3) is 0.769. The second kappa shape index (κ2) is 9.72. The molecule has 0 aliphatic rings. The third-order valence-electron chi connectivity index (χ3n) is 1.89. The van der Waals surface area contributed by atoms with Crippen LogP contribution in [0.3, 0.4) is 0 Å². The number of ketones is 3. The summed E-state index contributed by atoms with van der Waals surface area (Å²) in [6.07, 6.45) is 0. The van der Waals surface area contributed by atoms with Crippen molar-refractivity contribution in [2.75, 3.05) is 0 Å². The van der Waals surface area contributed by atoms with Crippen molar-refractivity contribution in [1.82, 2.24) is 0 Å². The van der Waals surface area contributed by atoms with Crippen LogP contribution in [0.25, 0.3) is 0 Å². The van der Waals surface area contributed by atoms with E-state index in [0.29, 0.717) is 19.2 Å². The van der Waals surface area contributed by atoms with E-state index in [1.807, 2.05) is 0 Å². The molecule has 0 bridgehead atoms. The van der Waals surface area contributed by atoms with Gasteiger partial charge in [0.1, 0.15) is 23.3 Å². The Morgan fingerprint density at radius 2 is 0.941 bits per heavy atom. The fourth-order valence-electron chi connectivity index (χ4n) is 1.53. The topological polar surface area (TPSA) is 51.2 Å². The van der Waals surface area contributed by atoms with Crippen LogP contribution in [0.15, 0.2) is 0 Å². The van der Waals surface area contributed by atoms with Gasteiger partial charge in [-0.1, -0.05) is 0 Å². The molecule has 0 amide bonds. The standard InChI is InChI=1S/C7H10O3.2C3H7.Ti/c1-4(8)7(5(2)9)6(3)10;2*1-3-2;/h7H,1-3H3;2*3H,1-2H3;. The van der Waals surface area contributed by atoms with E-state index in [4.69, 9.17) is 0 Å². The van der Waals surface area contributed by atoms with Crippen molar-refractivity contribution >= 4 is 17.3 Å². The van der Waals surface area contributed by atoms with Crippen molar-refractivity contribution in [2.45, 2.75) is 56.9 Å². The molecule has 0 rings (SSSR count). The molecule has 0 aliphatic carbocycles. The summed E-state index contributed by atoms with van der Waals surface area (Å²) in [4.78, 5) is 31.8. The van der Waals surface area contributed by atoms with E-state index in [2.05, 4.69) is 27.7 Å². The molecule has 0 aliphatic heterocycles. The molecular formula is C13H24O3Ti. The molecule has 4 heteroatoms. The maximum atomic E-state index is 10.6. The molecule has 0 fully saturated rings. The van der Waals surface area contributed by atoms with Gasteiger partial charge in [-0.05, 0) is 20.8 Å². The number of hydrogen-bond donors (Lipinski definition) is 0. The zero-order chi connectivity index (χ0) is 14.2. The van der Waals surface area contributed by atoms with Crippen LogP contribution in [-0.2, 0) is 33.5 Å². The zero-order valence-electron chi connectivity index (χ0n) is 12.0. The minimum atomic E-state index is -1.03. The van der Waals surface area contributed by atoms with E-state index in [9.17, 15) is 14.4 Å². The Kier molecular flexibility index (Phi) is 10.9. The third kappa shape index (κ3) is 12.0. The predicted molar refractivity (Wildman–Crippen MR) is 65.7 cm³/mol. The van der Waals surface area contributed by atoms with Crippen LogP contribution < -0.4 is 0 Å². The van der Waals surface area contributed by atoms with Crippen molar-refractivity contribution in [3.8, 4) is 0 Å². The molecule has 0 unspecified atom stereocenters. The second-order valence-corrected chi connectivity index (χ2v) is 8.87. The molecule has 0 saturated heterocycles. The molecular weight excluding hydrogens is 252 g/mol. The summed E-state index contributed by atoms with van der Waals surface area (Å²) >= 11 is 0.389. The van der Waals surface area contributed by atoms with E-state index >= 15 is 0 Å². The quantitative estimate of drug-likeness (QED) is 0.572. The molecule has 0 saturated carbocycles. The molecule has 0 spiro atoms. The maximum absolute atomic E-state index is 10.6. The van der Waals surface area contributed by atoms with E-state index in [-0.39, 0.29) is 17.3 Å². The summed E-state index contributed by atoms with van der Waals surface area (Å²) in [6.45, 7) is 13.0. The molecule has 0 radical (unpaired) electrons. The Bertz CT molecular complexity index is 231. The molecule has 3 nitrogen and oxygen atoms in total. The van der Waals surface area contributed by atoms with Gasteiger partial charge < -0.3 is 0 Å². The van der Waals surface area contributed by atoms with Gasteiger partial charge in [0.25, 0.3) is 0 Å². The van der Waals surface area contributed by atoms with Gasteiger partial charge in [-0.25, -0.2) is 0 Å². The van der Waals surface area contributed by atoms with Crippen molar-refractivity contribution in [1.29, 1.82) is 0 Å². The Morgan fingerprint density at radius 1 is 0.706 bits per heavy atom. The Hall–Kier alpha value is -0.276. The summed E-state index contributed by atoms with van der Waals surface area (Å²) in [5.74, 6) is -2.15. The van der Waals surface area contributed by atoms with E-state index < -0.39 is 5.92 Å². The summed E-state index contributed by atoms with van der Waals surface area (Å²) in [5.41, 5.74) is 0. The summed E-state index contributed by atoms with van der Waals surface area (Å²) in [7, 11) is 0. The Balaban J connectivity index is 0. The predicted octanol–water partition coefficient (Wildman–Crippen LogP) is 3.10. The van der Waals surface area contributed by atoms with Crippen molar-refractivity contribution in [3.05, 3.63) is 0 Å². The van der Waals surface area contributed by atoms with Gasteiger partial charge in [-0.2, -0.15) is 0 Å². The van der Waals surface area contributed by atoms with Gasteiger partial charge in [-0.3, -0.25) is 14.4 Å². The number of Topliss-reactive ketones (excluding diaryl/α,β-unsaturated/α-hetero) is 3. The number of carbonyl (C=O) groups is 3. The molecule has 0 aromatic rings. The molecule has 0 aromatic heterocycles. The summed E-state index contributed by atoms with van der Waals surface area (Å²) < 4.78 is 2.00. The first kappa shape index (κ1) is 19.1. The SMILES string of the molecule is CC(=O)C(C(C)=O)C(C)=O.C[CH](C)[Ti][CH](C)C. The normalized spacial score (nSPS) is 10.0. The minimum absolute atomic E-state index is 0.375. The second-order valence-electron chi connectivity index (χ2n) is 4.74. The van der Waals surface area contributed by atoms with E-state index in [1.165, 1.54) is 20.8 Å². The van der Waals surface area contributed by atoms with Crippen LogP contribution in [0.4, 0.5) is 0 Å². The molecule has 0 aromatic carbocycles. The molecule has 0 heterocycles. The van der Waals surface area contributed by atoms with Crippen LogP contribution in [0.2, 0.25) is 8.45 Å². The third-order valence-corrected chi connectivity index (χ3v) is 3.97. The molecule has 0 atom stereocenters. The van der Waals surface area contributed by atoms with Crippen molar-refractivity contribution in [2.24, 2.45) is 5.92 Å². The first-order valence-corrected chi connectivity index (χ1v) is 7.67. The summed E-state index contributed by atoms with van der Waals surface area (Å²) in [6, 6.07) is 0. The molecule has 17 heavy (non-hydrogen) atoms. The van der Waals surface area contributed by atoms with Crippen LogP contribution in [-0.4, -0.2) is 17.3 Å². The van der Waals surface area contributed by atoms with Crippen LogP contribution >= 0.6 is 0 Å². The average molecular weight is 276 g/mol. The van der Waals surface area contributed by atoms with E-state index in [1.54, 1.807) is 0 Å². The fourth-order valence-corrected chi connectivity index (χ4v) is 3.61. The van der Waals surface area contributed by atoms with Crippen LogP contribution in [0.5, 0.6) is 0 Å². The van der Waals surface area contributed by atoms with Crippen LogP contribution in [0, 0.1) is 5.92 Å². The first-order valence-electron chi connectivity index (χ1n) is 5.87. The Morgan fingerprint density at radius 3 is 0.941 bits per heavy atom. The molecule has 0 N–H and O–H groups in total. The first-order chi connectivity index (χ1) is 7.59. The number of hydrogen-bond acceptors (Lipinski definition) is 3. The van der Waals surface area contributed by atoms with E-state index in [0.717, 1.165) is 8.45 Å². The van der Waals surface area contributed by atoms with Gasteiger partial charge in [0.05, 0.1) is 0 Å². The Labute approximate surface area is 114 Å². The number of rotatable bonds is 5. The van der Waals surface area contributed by atoms with Gasteiger partial charge in [-0.15, -0.1) is 0 Å². The van der Waals surface area contributed by atoms with Gasteiger partial charge >= 0.3 is 55.3 Å². The summed E-state index contributed by atoms with van der Waals surface area (Å²) in [5, 5.41) is 0.